The molecule has 10 nitrogen and oxygen atoms in total. The van der Waals surface area contributed by atoms with Gasteiger partial charge in [-0.25, -0.2) is 24.7 Å². The lowest BCUT2D eigenvalue weighted by atomic mass is 9.92. The molecule has 0 bridgehead atoms. The summed E-state index contributed by atoms with van der Waals surface area (Å²) in [5, 5.41) is 0. The Hall–Kier alpha value is -4.70. The van der Waals surface area contributed by atoms with E-state index in [-0.39, 0.29) is 29.1 Å². The fourth-order valence-electron chi connectivity index (χ4n) is 5.41. The molecule has 45 heavy (non-hydrogen) atoms. The van der Waals surface area contributed by atoms with Gasteiger partial charge in [0.1, 0.15) is 23.1 Å². The van der Waals surface area contributed by atoms with Crippen molar-refractivity contribution in [2.45, 2.75) is 56.3 Å². The summed E-state index contributed by atoms with van der Waals surface area (Å²) in [7, 11) is 3.33. The second-order valence-electron chi connectivity index (χ2n) is 11.5. The topological polar surface area (TPSA) is 139 Å². The van der Waals surface area contributed by atoms with E-state index in [4.69, 9.17) is 19.9 Å². The van der Waals surface area contributed by atoms with Gasteiger partial charge in [0.2, 0.25) is 0 Å². The summed E-state index contributed by atoms with van der Waals surface area (Å²) in [4.78, 5) is 40.4. The minimum Gasteiger partial charge on any atom is -0.497 e. The molecule has 2 aromatic heterocycles. The molecule has 2 N–H and O–H groups in total. The number of carbonyl (C=O) groups excluding carboxylic acids is 2. The molecule has 0 radical (unpaired) electrons. The Morgan fingerprint density at radius 3 is 1.42 bits per heavy atom. The number of carbonyl (C=O) groups is 2. The molecule has 0 atom stereocenters. The highest BCUT2D eigenvalue weighted by Gasteiger charge is 2.45. The summed E-state index contributed by atoms with van der Waals surface area (Å²) in [5.41, 5.74) is 9.04. The molecular formula is C35H39N5O5. The molecule has 10 heteroatoms. The van der Waals surface area contributed by atoms with E-state index in [9.17, 15) is 9.59 Å². The molecule has 4 aromatic rings. The fourth-order valence-corrected chi connectivity index (χ4v) is 5.41. The quantitative estimate of drug-likeness (QED) is 0.175. The van der Waals surface area contributed by atoms with E-state index in [2.05, 4.69) is 44.2 Å². The predicted molar refractivity (Wildman–Crippen MR) is 169 cm³/mol. The minimum absolute atomic E-state index is 0.0154. The second-order valence-corrected chi connectivity index (χ2v) is 11.5. The van der Waals surface area contributed by atoms with Gasteiger partial charge in [-0.05, 0) is 68.0 Å². The third-order valence-electron chi connectivity index (χ3n) is 8.53. The zero-order valence-corrected chi connectivity index (χ0v) is 26.0. The van der Waals surface area contributed by atoms with Crippen molar-refractivity contribution in [3.63, 3.8) is 0 Å². The lowest BCUT2D eigenvalue weighted by Gasteiger charge is -2.15. The number of aromatic nitrogens is 4. The maximum absolute atomic E-state index is 11.6. The van der Waals surface area contributed by atoms with Gasteiger partial charge < -0.3 is 19.9 Å². The predicted octanol–water partition coefficient (Wildman–Crippen LogP) is 4.84. The third-order valence-corrected chi connectivity index (χ3v) is 8.53. The number of hydrogen-bond acceptors (Lipinski definition) is 10. The summed E-state index contributed by atoms with van der Waals surface area (Å²) in [5.74, 6) is 2.73. The summed E-state index contributed by atoms with van der Waals surface area (Å²) < 4.78 is 15.3. The van der Waals surface area contributed by atoms with Crippen LogP contribution in [0.5, 0.6) is 11.5 Å². The smallest absolute Gasteiger partial charge is 0.341 e. The number of rotatable bonds is 12. The summed E-state index contributed by atoms with van der Waals surface area (Å²) in [6.45, 7) is 2.11. The first-order valence-corrected chi connectivity index (χ1v) is 15.1. The minimum atomic E-state index is -0.379. The Balaban J connectivity index is 0.000000178. The van der Waals surface area contributed by atoms with Gasteiger partial charge in [0.15, 0.2) is 5.78 Å². The van der Waals surface area contributed by atoms with Crippen molar-refractivity contribution in [2.24, 2.45) is 5.73 Å². The van der Waals surface area contributed by atoms with Crippen LogP contribution >= 0.6 is 0 Å². The second kappa shape index (κ2) is 13.9. The Bertz CT molecular complexity index is 1580. The van der Waals surface area contributed by atoms with Gasteiger partial charge in [-0.3, -0.25) is 4.79 Å². The molecule has 0 spiro atoms. The average molecular weight is 610 g/mol. The van der Waals surface area contributed by atoms with Crippen molar-refractivity contribution in [2.75, 3.05) is 27.4 Å². The number of nitrogens with zero attached hydrogens (tertiary/aromatic N) is 4. The molecule has 0 saturated heterocycles. The molecule has 0 amide bonds. The van der Waals surface area contributed by atoms with E-state index in [0.717, 1.165) is 61.7 Å². The molecule has 0 unspecified atom stereocenters. The zero-order valence-electron chi connectivity index (χ0n) is 26.0. The lowest BCUT2D eigenvalue weighted by molar-refractivity contribution is 0.0525. The van der Waals surface area contributed by atoms with Crippen molar-refractivity contribution >= 4 is 11.8 Å². The largest absolute Gasteiger partial charge is 0.497 e. The number of benzene rings is 2. The van der Waals surface area contributed by atoms with Crippen LogP contribution in [0.25, 0.3) is 0 Å². The highest BCUT2D eigenvalue weighted by atomic mass is 16.5. The number of methoxy groups -OCH3 is 2. The van der Waals surface area contributed by atoms with Crippen LogP contribution in [0.4, 0.5) is 0 Å². The van der Waals surface area contributed by atoms with Crippen LogP contribution < -0.4 is 15.2 Å². The van der Waals surface area contributed by atoms with Gasteiger partial charge in [-0.15, -0.1) is 0 Å². The fraction of sp³-hybridized carbons (Fsp3) is 0.371. The number of ether oxygens (including phenoxy) is 3. The SMILES string of the molecule is CCOC(=O)c1cnc(CC2(c3ccc(OC)cc3)CC2)nc1.COc1ccc(C2(Cc3ncc(C(=O)CN)cn3)CC2)cc1. The van der Waals surface area contributed by atoms with E-state index in [0.29, 0.717) is 17.7 Å². The van der Waals surface area contributed by atoms with Crippen molar-refractivity contribution < 1.29 is 23.8 Å². The van der Waals surface area contributed by atoms with Gasteiger partial charge in [-0.1, -0.05) is 24.3 Å². The van der Waals surface area contributed by atoms with E-state index >= 15 is 0 Å². The first kappa shape index (κ1) is 31.7. The van der Waals surface area contributed by atoms with Crippen molar-refractivity contribution in [1.82, 2.24) is 19.9 Å². The summed E-state index contributed by atoms with van der Waals surface area (Å²) in [6, 6.07) is 16.4. The van der Waals surface area contributed by atoms with Crippen LogP contribution in [-0.2, 0) is 28.4 Å². The van der Waals surface area contributed by atoms with Gasteiger partial charge in [-0.2, -0.15) is 0 Å². The van der Waals surface area contributed by atoms with Gasteiger partial charge in [0.25, 0.3) is 0 Å². The lowest BCUT2D eigenvalue weighted by Crippen LogP contribution is -2.16. The maximum atomic E-state index is 11.6. The number of Topliss-reactive ketones (excluding diaryl/α,β-unsaturated/α-hetero) is 1. The normalized spacial score (nSPS) is 15.2. The highest BCUT2D eigenvalue weighted by Crippen LogP contribution is 2.51. The number of esters is 1. The number of nitrogens with two attached hydrogens (primary N) is 1. The Kier molecular flexibility index (Phi) is 9.83. The average Bonchev–Trinajstić information content (AvgIpc) is 4.03. The molecule has 0 aliphatic heterocycles. The molecular weight excluding hydrogens is 570 g/mol. The summed E-state index contributed by atoms with van der Waals surface area (Å²) in [6.07, 6.45) is 12.3. The first-order chi connectivity index (χ1) is 21.8. The van der Waals surface area contributed by atoms with Crippen LogP contribution in [0.15, 0.2) is 73.3 Å². The Morgan fingerprint density at radius 2 is 1.09 bits per heavy atom. The molecule has 2 fully saturated rings. The molecule has 2 aliphatic rings. The maximum Gasteiger partial charge on any atom is 0.341 e. The van der Waals surface area contributed by atoms with E-state index < -0.39 is 0 Å². The highest BCUT2D eigenvalue weighted by molar-refractivity contribution is 5.96. The monoisotopic (exact) mass is 609 g/mol. The summed E-state index contributed by atoms with van der Waals surface area (Å²) >= 11 is 0. The molecule has 2 aromatic carbocycles. The number of ketones is 1. The zero-order chi connectivity index (χ0) is 31.9. The van der Waals surface area contributed by atoms with Crippen molar-refractivity contribution in [3.8, 4) is 11.5 Å². The van der Waals surface area contributed by atoms with Crippen LogP contribution in [0, 0.1) is 0 Å². The van der Waals surface area contributed by atoms with Crippen molar-refractivity contribution in [3.05, 3.63) is 107 Å². The van der Waals surface area contributed by atoms with E-state index in [1.165, 1.54) is 11.1 Å². The molecule has 6 rings (SSSR count). The standard InChI is InChI=1S/C18H20N2O3.C17H19N3O2/c1-3-23-17(21)13-11-19-16(20-12-13)10-18(8-9-18)14-4-6-15(22-2)7-5-14;1-22-14-4-2-13(3-5-14)17(6-7-17)8-16-19-10-12(11-20-16)15(21)9-18/h4-7,11-12H,3,8-10H2,1-2H3;2-5,10-11H,6-9,18H2,1H3. The van der Waals surface area contributed by atoms with E-state index in [1.54, 1.807) is 45.9 Å². The third kappa shape index (κ3) is 7.69. The van der Waals surface area contributed by atoms with Crippen LogP contribution in [0.3, 0.4) is 0 Å². The van der Waals surface area contributed by atoms with Crippen LogP contribution in [-0.4, -0.2) is 59.1 Å². The Morgan fingerprint density at radius 1 is 0.689 bits per heavy atom. The first-order valence-electron chi connectivity index (χ1n) is 15.1. The van der Waals surface area contributed by atoms with Crippen molar-refractivity contribution in [1.29, 1.82) is 0 Å². The van der Waals surface area contributed by atoms with Crippen LogP contribution in [0.2, 0.25) is 0 Å². The number of hydrogen-bond donors (Lipinski definition) is 1. The molecule has 2 saturated carbocycles. The molecule has 2 aliphatic carbocycles. The van der Waals surface area contributed by atoms with Crippen LogP contribution in [0.1, 0.15) is 76.1 Å². The molecule has 2 heterocycles. The Labute approximate surface area is 263 Å². The van der Waals surface area contributed by atoms with Gasteiger partial charge >= 0.3 is 5.97 Å². The van der Waals surface area contributed by atoms with Gasteiger partial charge in [0.05, 0.1) is 38.5 Å². The van der Waals surface area contributed by atoms with E-state index in [1.807, 2.05) is 24.3 Å². The molecule has 234 valence electrons. The van der Waals surface area contributed by atoms with Gasteiger partial charge in [0, 0.05) is 48.5 Å².